The lowest BCUT2D eigenvalue weighted by molar-refractivity contribution is 0.396. The highest BCUT2D eigenvalue weighted by Crippen LogP contribution is 2.24. The zero-order valence-electron chi connectivity index (χ0n) is 8.88. The predicted molar refractivity (Wildman–Crippen MR) is 62.0 cm³/mol. The van der Waals surface area contributed by atoms with Crippen LogP contribution in [0.3, 0.4) is 0 Å². The topological polar surface area (TPSA) is 107 Å². The third-order valence-electron chi connectivity index (χ3n) is 1.75. The minimum absolute atomic E-state index is 0.102. The molecular formula is C9H9N5O2S. The second kappa shape index (κ2) is 4.83. The van der Waals surface area contributed by atoms with Crippen LogP contribution in [-0.4, -0.2) is 27.0 Å². The fourth-order valence-electron chi connectivity index (χ4n) is 1.08. The first-order valence-corrected chi connectivity index (χ1v) is 5.41. The van der Waals surface area contributed by atoms with Gasteiger partial charge in [-0.3, -0.25) is 4.79 Å². The van der Waals surface area contributed by atoms with Crippen molar-refractivity contribution in [3.8, 4) is 5.88 Å². The Bertz CT molecular complexity index is 586. The summed E-state index contributed by atoms with van der Waals surface area (Å²) >= 11 is 1.17. The van der Waals surface area contributed by atoms with Gasteiger partial charge < -0.3 is 15.5 Å². The normalized spacial score (nSPS) is 10.2. The van der Waals surface area contributed by atoms with Gasteiger partial charge >= 0.3 is 0 Å². The first-order valence-electron chi connectivity index (χ1n) is 4.59. The molecular weight excluding hydrogens is 242 g/mol. The summed E-state index contributed by atoms with van der Waals surface area (Å²) in [7, 11) is 1.48. The Morgan fingerprint density at radius 2 is 2.29 bits per heavy atom. The molecule has 0 aromatic carbocycles. The fourth-order valence-corrected chi connectivity index (χ4v) is 1.84. The molecule has 0 unspecified atom stereocenters. The number of rotatable bonds is 3. The highest BCUT2D eigenvalue weighted by atomic mass is 32.2. The smallest absolute Gasteiger partial charge is 0.251 e. The van der Waals surface area contributed by atoms with E-state index in [9.17, 15) is 4.79 Å². The number of aromatic nitrogens is 4. The summed E-state index contributed by atoms with van der Waals surface area (Å²) in [6.07, 6.45) is 1.42. The third-order valence-corrected chi connectivity index (χ3v) is 2.57. The highest BCUT2D eigenvalue weighted by Gasteiger charge is 2.05. The van der Waals surface area contributed by atoms with Crippen LogP contribution in [0.2, 0.25) is 0 Å². The number of aromatic amines is 1. The fraction of sp³-hybridized carbons (Fsp3) is 0.111. The third kappa shape index (κ3) is 2.94. The van der Waals surface area contributed by atoms with E-state index in [0.29, 0.717) is 16.1 Å². The monoisotopic (exact) mass is 251 g/mol. The summed E-state index contributed by atoms with van der Waals surface area (Å²) in [5.74, 6) is 0.461. The molecule has 0 radical (unpaired) electrons. The minimum Gasteiger partial charge on any atom is -0.481 e. The average molecular weight is 251 g/mol. The van der Waals surface area contributed by atoms with Crippen LogP contribution < -0.4 is 16.0 Å². The highest BCUT2D eigenvalue weighted by molar-refractivity contribution is 7.99. The van der Waals surface area contributed by atoms with Crippen molar-refractivity contribution in [1.82, 2.24) is 19.9 Å². The number of H-pyrrole nitrogens is 1. The molecule has 3 N–H and O–H groups in total. The molecule has 0 aliphatic carbocycles. The molecule has 88 valence electrons. The summed E-state index contributed by atoms with van der Waals surface area (Å²) in [5.41, 5.74) is 5.29. The van der Waals surface area contributed by atoms with Crippen molar-refractivity contribution >= 4 is 17.7 Å². The maximum Gasteiger partial charge on any atom is 0.251 e. The lowest BCUT2D eigenvalue weighted by Crippen LogP contribution is -2.05. The number of ether oxygens (including phenoxy) is 1. The Kier molecular flexibility index (Phi) is 3.24. The first-order chi connectivity index (χ1) is 8.17. The van der Waals surface area contributed by atoms with E-state index < -0.39 is 0 Å². The molecule has 2 aromatic heterocycles. The summed E-state index contributed by atoms with van der Waals surface area (Å²) < 4.78 is 4.96. The number of nitrogens with one attached hydrogen (secondary N) is 1. The molecule has 0 aliphatic rings. The van der Waals surface area contributed by atoms with E-state index in [2.05, 4.69) is 19.9 Å². The molecule has 0 aliphatic heterocycles. The quantitative estimate of drug-likeness (QED) is 0.596. The molecule has 17 heavy (non-hydrogen) atoms. The van der Waals surface area contributed by atoms with Crippen LogP contribution in [0.4, 0.5) is 5.95 Å². The molecule has 2 aromatic rings. The molecule has 0 saturated heterocycles. The van der Waals surface area contributed by atoms with Crippen molar-refractivity contribution in [3.63, 3.8) is 0 Å². The Morgan fingerprint density at radius 3 is 3.00 bits per heavy atom. The van der Waals surface area contributed by atoms with E-state index in [1.807, 2.05) is 0 Å². The van der Waals surface area contributed by atoms with Gasteiger partial charge in [0.05, 0.1) is 7.11 Å². The molecule has 2 heterocycles. The first kappa shape index (κ1) is 11.4. The van der Waals surface area contributed by atoms with Gasteiger partial charge in [-0.05, 0) is 11.8 Å². The Morgan fingerprint density at radius 1 is 1.47 bits per heavy atom. The van der Waals surface area contributed by atoms with Crippen molar-refractivity contribution < 1.29 is 4.74 Å². The number of hydrogen-bond donors (Lipinski definition) is 2. The molecule has 0 bridgehead atoms. The Balaban J connectivity index is 2.29. The van der Waals surface area contributed by atoms with Gasteiger partial charge in [-0.15, -0.1) is 0 Å². The van der Waals surface area contributed by atoms with Crippen molar-refractivity contribution in [2.24, 2.45) is 0 Å². The predicted octanol–water partition coefficient (Wildman–Crippen LogP) is 0.302. The van der Waals surface area contributed by atoms with Crippen molar-refractivity contribution in [2.75, 3.05) is 12.8 Å². The molecule has 0 atom stereocenters. The Labute approximate surface area is 100 Å². The number of anilines is 1. The maximum atomic E-state index is 11.1. The van der Waals surface area contributed by atoms with Crippen LogP contribution in [0.25, 0.3) is 0 Å². The second-order valence-electron chi connectivity index (χ2n) is 2.95. The van der Waals surface area contributed by atoms with Gasteiger partial charge in [-0.1, -0.05) is 0 Å². The van der Waals surface area contributed by atoms with Gasteiger partial charge in [-0.2, -0.15) is 4.98 Å². The number of methoxy groups -OCH3 is 1. The molecule has 0 amide bonds. The molecule has 0 saturated carbocycles. The van der Waals surface area contributed by atoms with Gasteiger partial charge in [0.1, 0.15) is 5.03 Å². The summed E-state index contributed by atoms with van der Waals surface area (Å²) in [4.78, 5) is 25.5. The van der Waals surface area contributed by atoms with Gasteiger partial charge in [-0.25, -0.2) is 9.97 Å². The van der Waals surface area contributed by atoms with E-state index in [1.54, 1.807) is 6.07 Å². The molecule has 8 heteroatoms. The van der Waals surface area contributed by atoms with Crippen LogP contribution in [0, 0.1) is 0 Å². The van der Waals surface area contributed by atoms with Crippen LogP contribution in [0.5, 0.6) is 5.88 Å². The standard InChI is InChI=1S/C9H9N5O2S/c1-16-6-4-7(14-8(10)13-6)17-9-11-3-2-5(15)12-9/h2-4H,1H3,(H2,10,13,14)(H,11,12,15). The van der Waals surface area contributed by atoms with E-state index >= 15 is 0 Å². The lowest BCUT2D eigenvalue weighted by Gasteiger charge is -2.03. The molecule has 7 nitrogen and oxygen atoms in total. The molecule has 0 spiro atoms. The molecule has 2 rings (SSSR count). The van der Waals surface area contributed by atoms with Gasteiger partial charge in [0.25, 0.3) is 5.56 Å². The van der Waals surface area contributed by atoms with Crippen LogP contribution >= 0.6 is 11.8 Å². The van der Waals surface area contributed by atoms with Gasteiger partial charge in [0, 0.05) is 18.3 Å². The van der Waals surface area contributed by atoms with E-state index in [1.165, 1.54) is 31.1 Å². The minimum atomic E-state index is -0.225. The Hall–Kier alpha value is -2.09. The second-order valence-corrected chi connectivity index (χ2v) is 3.96. The number of hydrogen-bond acceptors (Lipinski definition) is 7. The largest absolute Gasteiger partial charge is 0.481 e. The number of nitrogen functional groups attached to an aromatic ring is 1. The van der Waals surface area contributed by atoms with E-state index in [0.717, 1.165) is 0 Å². The number of nitrogens with two attached hydrogens (primary N) is 1. The maximum absolute atomic E-state index is 11.1. The zero-order valence-corrected chi connectivity index (χ0v) is 9.69. The van der Waals surface area contributed by atoms with E-state index in [-0.39, 0.29) is 11.5 Å². The van der Waals surface area contributed by atoms with Crippen LogP contribution in [-0.2, 0) is 0 Å². The lowest BCUT2D eigenvalue weighted by atomic mass is 10.6. The molecule has 0 fully saturated rings. The van der Waals surface area contributed by atoms with Crippen molar-refractivity contribution in [1.29, 1.82) is 0 Å². The summed E-state index contributed by atoms with van der Waals surface area (Å²) in [6, 6.07) is 2.94. The SMILES string of the molecule is COc1cc(Sc2nccc(=O)[nH]2)nc(N)n1. The number of nitrogens with zero attached hydrogens (tertiary/aromatic N) is 3. The van der Waals surface area contributed by atoms with E-state index in [4.69, 9.17) is 10.5 Å². The van der Waals surface area contributed by atoms with Crippen molar-refractivity contribution in [3.05, 3.63) is 28.7 Å². The van der Waals surface area contributed by atoms with Crippen LogP contribution in [0.1, 0.15) is 0 Å². The van der Waals surface area contributed by atoms with Gasteiger partial charge in [0.15, 0.2) is 5.16 Å². The summed E-state index contributed by atoms with van der Waals surface area (Å²) in [5, 5.41) is 0.973. The van der Waals surface area contributed by atoms with Crippen molar-refractivity contribution in [2.45, 2.75) is 10.2 Å². The average Bonchev–Trinajstić information content (AvgIpc) is 2.28. The summed E-state index contributed by atoms with van der Waals surface area (Å²) in [6.45, 7) is 0. The van der Waals surface area contributed by atoms with Gasteiger partial charge in [0.2, 0.25) is 11.8 Å². The van der Waals surface area contributed by atoms with Crippen LogP contribution in [0.15, 0.2) is 33.3 Å². The zero-order chi connectivity index (χ0) is 12.3.